The molecule has 2 aromatic carbocycles. The highest BCUT2D eigenvalue weighted by Gasteiger charge is 2.26. The van der Waals surface area contributed by atoms with Gasteiger partial charge >= 0.3 is 5.97 Å². The molecule has 172 valence electrons. The van der Waals surface area contributed by atoms with Gasteiger partial charge in [0.15, 0.2) is 11.5 Å². The lowest BCUT2D eigenvalue weighted by Crippen LogP contribution is -2.37. The molecule has 0 radical (unpaired) electrons. The van der Waals surface area contributed by atoms with Gasteiger partial charge < -0.3 is 29.7 Å². The lowest BCUT2D eigenvalue weighted by Gasteiger charge is -2.30. The number of carboxylic acid groups (broad SMARTS) is 1. The van der Waals surface area contributed by atoms with E-state index in [0.29, 0.717) is 38.4 Å². The number of carboxylic acids is 1. The molecule has 0 atom stereocenters. The second-order valence-corrected chi connectivity index (χ2v) is 8.61. The summed E-state index contributed by atoms with van der Waals surface area (Å²) in [5.74, 6) is 1.85. The number of piperidine rings is 1. The predicted octanol–water partition coefficient (Wildman–Crippen LogP) is 3.34. The van der Waals surface area contributed by atoms with Crippen LogP contribution in [-0.2, 0) is 11.3 Å². The van der Waals surface area contributed by atoms with Crippen LogP contribution in [-0.4, -0.2) is 55.0 Å². The number of rotatable bonds is 6. The van der Waals surface area contributed by atoms with Crippen LogP contribution in [0.4, 0.5) is 17.5 Å². The van der Waals surface area contributed by atoms with Gasteiger partial charge in [0.1, 0.15) is 5.82 Å². The smallest absolute Gasteiger partial charge is 0.306 e. The van der Waals surface area contributed by atoms with Crippen LogP contribution in [0.1, 0.15) is 18.4 Å². The van der Waals surface area contributed by atoms with Gasteiger partial charge in [-0.05, 0) is 48.7 Å². The van der Waals surface area contributed by atoms with Gasteiger partial charge in [0.05, 0.1) is 11.4 Å². The van der Waals surface area contributed by atoms with Crippen molar-refractivity contribution < 1.29 is 19.4 Å². The average molecular weight is 450 g/mol. The fourth-order valence-corrected chi connectivity index (χ4v) is 4.22. The number of anilines is 3. The third-order valence-electron chi connectivity index (χ3n) is 6.21. The number of ether oxygens (including phenoxy) is 2. The van der Waals surface area contributed by atoms with E-state index >= 15 is 0 Å². The van der Waals surface area contributed by atoms with Crippen LogP contribution in [0.2, 0.25) is 0 Å². The zero-order valence-corrected chi connectivity index (χ0v) is 18.7. The number of aliphatic carboxylic acids is 1. The van der Waals surface area contributed by atoms with E-state index in [1.54, 1.807) is 0 Å². The third-order valence-corrected chi connectivity index (χ3v) is 6.21. The van der Waals surface area contributed by atoms with E-state index in [2.05, 4.69) is 16.3 Å². The number of hydrogen-bond donors (Lipinski definition) is 2. The van der Waals surface area contributed by atoms with E-state index in [9.17, 15) is 9.90 Å². The molecular weight excluding hydrogens is 422 g/mol. The highest BCUT2D eigenvalue weighted by atomic mass is 16.7. The number of carbonyl (C=O) groups is 1. The average Bonchev–Trinajstić information content (AvgIpc) is 3.30. The van der Waals surface area contributed by atoms with Crippen molar-refractivity contribution in [2.24, 2.45) is 5.92 Å². The first kappa shape index (κ1) is 21.1. The molecule has 0 unspecified atom stereocenters. The molecule has 2 aliphatic heterocycles. The summed E-state index contributed by atoms with van der Waals surface area (Å²) < 4.78 is 10.9. The van der Waals surface area contributed by atoms with Crippen molar-refractivity contribution in [3.8, 4) is 11.5 Å². The molecule has 0 bridgehead atoms. The Balaban J connectivity index is 1.45. The minimum Gasteiger partial charge on any atom is -0.481 e. The summed E-state index contributed by atoms with van der Waals surface area (Å²) in [5.41, 5.74) is 2.96. The quantitative estimate of drug-likeness (QED) is 0.587. The minimum absolute atomic E-state index is 0.248. The molecule has 1 aromatic heterocycles. The normalized spacial score (nSPS) is 15.6. The van der Waals surface area contributed by atoms with Gasteiger partial charge in [0.2, 0.25) is 12.7 Å². The van der Waals surface area contributed by atoms with Gasteiger partial charge in [-0.15, -0.1) is 0 Å². The largest absolute Gasteiger partial charge is 0.481 e. The van der Waals surface area contributed by atoms with Crippen LogP contribution in [0.25, 0.3) is 10.9 Å². The van der Waals surface area contributed by atoms with Crippen LogP contribution in [0.3, 0.4) is 0 Å². The molecule has 9 heteroatoms. The summed E-state index contributed by atoms with van der Waals surface area (Å²) >= 11 is 0. The van der Waals surface area contributed by atoms with Gasteiger partial charge in [-0.3, -0.25) is 4.79 Å². The van der Waals surface area contributed by atoms with E-state index in [-0.39, 0.29) is 12.7 Å². The van der Waals surface area contributed by atoms with E-state index in [1.807, 2.05) is 49.3 Å². The predicted molar refractivity (Wildman–Crippen MR) is 126 cm³/mol. The standard InChI is InChI=1S/C24H27N5O4/c1-28(2)17-4-5-19-18(12-17)22(25-13-15-3-6-20-21(11-15)33-14-32-20)27-24(26-19)29-9-7-16(8-10-29)23(30)31/h3-6,11-12,16H,7-10,13-14H2,1-2H3,(H,30,31)(H,25,26,27). The Labute approximate surface area is 191 Å². The maximum atomic E-state index is 11.3. The van der Waals surface area contributed by atoms with Crippen molar-refractivity contribution in [1.82, 2.24) is 9.97 Å². The molecule has 1 saturated heterocycles. The first-order valence-electron chi connectivity index (χ1n) is 11.1. The number of nitrogens with one attached hydrogen (secondary N) is 1. The number of aromatic nitrogens is 2. The molecular formula is C24H27N5O4. The fraction of sp³-hybridized carbons (Fsp3) is 0.375. The molecule has 0 spiro atoms. The summed E-state index contributed by atoms with van der Waals surface area (Å²) in [6.45, 7) is 2.06. The molecule has 0 amide bonds. The number of fused-ring (bicyclic) bond motifs is 2. The van der Waals surface area contributed by atoms with Crippen LogP contribution in [0.15, 0.2) is 36.4 Å². The van der Waals surface area contributed by atoms with Crippen LogP contribution in [0, 0.1) is 5.92 Å². The Morgan fingerprint density at radius 3 is 2.67 bits per heavy atom. The zero-order chi connectivity index (χ0) is 22.9. The van der Waals surface area contributed by atoms with Crippen molar-refractivity contribution in [3.63, 3.8) is 0 Å². The Kier molecular flexibility index (Phi) is 5.53. The first-order chi connectivity index (χ1) is 16.0. The van der Waals surface area contributed by atoms with Crippen molar-refractivity contribution >= 4 is 34.3 Å². The van der Waals surface area contributed by atoms with Crippen LogP contribution in [0.5, 0.6) is 11.5 Å². The molecule has 9 nitrogen and oxygen atoms in total. The summed E-state index contributed by atoms with van der Waals surface area (Å²) in [4.78, 5) is 25.1. The Bertz CT molecular complexity index is 1190. The molecule has 0 saturated carbocycles. The zero-order valence-electron chi connectivity index (χ0n) is 18.7. The van der Waals surface area contributed by atoms with Gasteiger partial charge in [-0.2, -0.15) is 4.98 Å². The Morgan fingerprint density at radius 2 is 1.91 bits per heavy atom. The maximum Gasteiger partial charge on any atom is 0.306 e. The topological polar surface area (TPSA) is 100 Å². The van der Waals surface area contributed by atoms with Crippen molar-refractivity contribution in [1.29, 1.82) is 0 Å². The summed E-state index contributed by atoms with van der Waals surface area (Å²) in [6, 6.07) is 12.0. The fourth-order valence-electron chi connectivity index (χ4n) is 4.22. The molecule has 0 aliphatic carbocycles. The SMILES string of the molecule is CN(C)c1ccc2nc(N3CCC(C(=O)O)CC3)nc(NCc3ccc4c(c3)OCO4)c2c1. The molecule has 2 aliphatic rings. The van der Waals surface area contributed by atoms with Crippen molar-refractivity contribution in [3.05, 3.63) is 42.0 Å². The summed E-state index contributed by atoms with van der Waals surface area (Å²) in [5, 5.41) is 13.7. The number of hydrogen-bond acceptors (Lipinski definition) is 8. The molecule has 2 N–H and O–H groups in total. The Hall–Kier alpha value is -3.75. The lowest BCUT2D eigenvalue weighted by molar-refractivity contribution is -0.142. The molecule has 3 aromatic rings. The van der Waals surface area contributed by atoms with E-state index in [0.717, 1.165) is 39.5 Å². The highest BCUT2D eigenvalue weighted by molar-refractivity contribution is 5.92. The van der Waals surface area contributed by atoms with E-state index < -0.39 is 5.97 Å². The minimum atomic E-state index is -0.726. The molecule has 33 heavy (non-hydrogen) atoms. The van der Waals surface area contributed by atoms with Crippen molar-refractivity contribution in [2.75, 3.05) is 49.1 Å². The number of nitrogens with zero attached hydrogens (tertiary/aromatic N) is 4. The second-order valence-electron chi connectivity index (χ2n) is 8.61. The number of benzene rings is 2. The maximum absolute atomic E-state index is 11.3. The lowest BCUT2D eigenvalue weighted by atomic mass is 9.97. The Morgan fingerprint density at radius 1 is 1.12 bits per heavy atom. The van der Waals surface area contributed by atoms with Gasteiger partial charge in [-0.25, -0.2) is 4.98 Å². The van der Waals surface area contributed by atoms with Crippen molar-refractivity contribution in [2.45, 2.75) is 19.4 Å². The van der Waals surface area contributed by atoms with Gasteiger partial charge in [-0.1, -0.05) is 6.07 Å². The summed E-state index contributed by atoms with van der Waals surface area (Å²) in [7, 11) is 4.01. The molecule has 5 rings (SSSR count). The van der Waals surface area contributed by atoms with Crippen LogP contribution < -0.4 is 24.6 Å². The van der Waals surface area contributed by atoms with Gasteiger partial charge in [0, 0.05) is 44.8 Å². The molecule has 1 fully saturated rings. The molecule has 3 heterocycles. The third kappa shape index (κ3) is 4.30. The highest BCUT2D eigenvalue weighted by Crippen LogP contribution is 2.33. The van der Waals surface area contributed by atoms with E-state index in [4.69, 9.17) is 19.4 Å². The first-order valence-corrected chi connectivity index (χ1v) is 11.1. The van der Waals surface area contributed by atoms with Crippen LogP contribution >= 0.6 is 0 Å². The van der Waals surface area contributed by atoms with E-state index in [1.165, 1.54) is 0 Å². The van der Waals surface area contributed by atoms with Gasteiger partial charge in [0.25, 0.3) is 0 Å². The summed E-state index contributed by atoms with van der Waals surface area (Å²) in [6.07, 6.45) is 1.19. The second kappa shape index (κ2) is 8.65. The monoisotopic (exact) mass is 449 g/mol.